The molecule has 3 heterocycles. The maximum absolute atomic E-state index is 4.58. The van der Waals surface area contributed by atoms with E-state index >= 15 is 0 Å². The van der Waals surface area contributed by atoms with E-state index in [4.69, 9.17) is 0 Å². The normalized spacial score (nSPS) is 11.4. The molecule has 25 heavy (non-hydrogen) atoms. The second-order valence-corrected chi connectivity index (χ2v) is 6.60. The lowest BCUT2D eigenvalue weighted by atomic mass is 10.4. The van der Waals surface area contributed by atoms with Crippen molar-refractivity contribution in [2.45, 2.75) is 26.8 Å². The number of nitrogens with one attached hydrogen (secondary N) is 2. The van der Waals surface area contributed by atoms with Crippen LogP contribution in [0.15, 0.2) is 35.6 Å². The van der Waals surface area contributed by atoms with Crippen molar-refractivity contribution >= 4 is 46.9 Å². The minimum Gasteiger partial charge on any atom is -0.357 e. The molecule has 3 rings (SSSR count). The van der Waals surface area contributed by atoms with E-state index in [2.05, 4.69) is 44.7 Å². The number of fused-ring (bicyclic) bond motifs is 1. The number of thiazole rings is 1. The average molecular weight is 471 g/mol. The van der Waals surface area contributed by atoms with Crippen LogP contribution in [0.3, 0.4) is 0 Å². The number of halogens is 1. The first-order valence-corrected chi connectivity index (χ1v) is 8.80. The topological polar surface area (TPSA) is 79.5 Å². The van der Waals surface area contributed by atoms with Crippen LogP contribution in [-0.4, -0.2) is 38.6 Å². The van der Waals surface area contributed by atoms with Gasteiger partial charge >= 0.3 is 0 Å². The molecule has 0 amide bonds. The van der Waals surface area contributed by atoms with Gasteiger partial charge in [-0.2, -0.15) is 0 Å². The van der Waals surface area contributed by atoms with Gasteiger partial charge in [0.05, 0.1) is 6.54 Å². The number of pyridine rings is 1. The van der Waals surface area contributed by atoms with Gasteiger partial charge < -0.3 is 10.6 Å². The van der Waals surface area contributed by atoms with Crippen LogP contribution in [-0.2, 0) is 13.0 Å². The highest BCUT2D eigenvalue weighted by atomic mass is 127. The highest BCUT2D eigenvalue weighted by Crippen LogP contribution is 2.11. The van der Waals surface area contributed by atoms with Crippen LogP contribution >= 0.6 is 35.3 Å². The molecule has 3 aromatic rings. The summed E-state index contributed by atoms with van der Waals surface area (Å²) in [5, 5.41) is 16.0. The van der Waals surface area contributed by atoms with Gasteiger partial charge in [0, 0.05) is 36.8 Å². The molecule has 0 saturated heterocycles. The summed E-state index contributed by atoms with van der Waals surface area (Å²) in [5.41, 5.74) is 0.868. The van der Waals surface area contributed by atoms with E-state index < -0.39 is 0 Å². The minimum atomic E-state index is 0. The summed E-state index contributed by atoms with van der Waals surface area (Å²) in [5.74, 6) is 1.73. The van der Waals surface area contributed by atoms with Gasteiger partial charge in [-0.1, -0.05) is 6.07 Å². The zero-order valence-electron chi connectivity index (χ0n) is 14.3. The first-order chi connectivity index (χ1) is 11.8. The Morgan fingerprint density at radius 2 is 2.16 bits per heavy atom. The second-order valence-electron chi connectivity index (χ2n) is 5.28. The number of guanidine groups is 1. The zero-order chi connectivity index (χ0) is 16.8. The smallest absolute Gasteiger partial charge is 0.191 e. The van der Waals surface area contributed by atoms with E-state index in [1.807, 2.05) is 35.0 Å². The summed E-state index contributed by atoms with van der Waals surface area (Å²) in [6.45, 7) is 6.24. The Balaban J connectivity index is 0.00000225. The first-order valence-electron chi connectivity index (χ1n) is 7.98. The molecule has 0 bridgehead atoms. The Kier molecular flexibility index (Phi) is 7.56. The van der Waals surface area contributed by atoms with Crippen LogP contribution in [0.4, 0.5) is 0 Å². The van der Waals surface area contributed by atoms with Gasteiger partial charge in [-0.3, -0.25) is 4.40 Å². The summed E-state index contributed by atoms with van der Waals surface area (Å²) in [4.78, 5) is 10.1. The van der Waals surface area contributed by atoms with Crippen LogP contribution in [0.2, 0.25) is 0 Å². The molecule has 0 spiro atoms. The van der Waals surface area contributed by atoms with Gasteiger partial charge in [-0.25, -0.2) is 9.98 Å². The summed E-state index contributed by atoms with van der Waals surface area (Å²) in [6, 6.07) is 5.89. The fourth-order valence-corrected chi connectivity index (χ4v) is 3.03. The van der Waals surface area contributed by atoms with Crippen LogP contribution in [0.1, 0.15) is 22.6 Å². The largest absolute Gasteiger partial charge is 0.357 e. The Morgan fingerprint density at radius 1 is 1.28 bits per heavy atom. The maximum atomic E-state index is 4.58. The maximum Gasteiger partial charge on any atom is 0.191 e. The van der Waals surface area contributed by atoms with Gasteiger partial charge in [0.25, 0.3) is 0 Å². The second kappa shape index (κ2) is 9.66. The highest BCUT2D eigenvalue weighted by molar-refractivity contribution is 14.0. The average Bonchev–Trinajstić information content (AvgIpc) is 3.19. The molecule has 3 aromatic heterocycles. The molecule has 0 fully saturated rings. The molecule has 2 N–H and O–H groups in total. The molecule has 7 nitrogen and oxygen atoms in total. The summed E-state index contributed by atoms with van der Waals surface area (Å²) in [6.07, 6.45) is 4.63. The molecule has 0 aliphatic rings. The molecule has 134 valence electrons. The third-order valence-electron chi connectivity index (χ3n) is 3.41. The number of aromatic nitrogens is 4. The zero-order valence-corrected chi connectivity index (χ0v) is 17.4. The molecule has 0 saturated carbocycles. The number of rotatable bonds is 6. The van der Waals surface area contributed by atoms with Gasteiger partial charge in [-0.05, 0) is 26.0 Å². The fraction of sp³-hybridized carbons (Fsp3) is 0.375. The molecular formula is C16H22IN7S. The van der Waals surface area contributed by atoms with Crippen LogP contribution in [0, 0.1) is 6.92 Å². The monoisotopic (exact) mass is 471 g/mol. The molecule has 0 atom stereocenters. The van der Waals surface area contributed by atoms with Crippen molar-refractivity contribution in [3.8, 4) is 0 Å². The van der Waals surface area contributed by atoms with Gasteiger partial charge in [-0.15, -0.1) is 45.5 Å². The van der Waals surface area contributed by atoms with Crippen LogP contribution in [0.25, 0.3) is 5.65 Å². The van der Waals surface area contributed by atoms with Gasteiger partial charge in [0.2, 0.25) is 0 Å². The van der Waals surface area contributed by atoms with E-state index in [0.717, 1.165) is 41.9 Å². The van der Waals surface area contributed by atoms with Crippen molar-refractivity contribution in [1.29, 1.82) is 0 Å². The summed E-state index contributed by atoms with van der Waals surface area (Å²) in [7, 11) is 0. The van der Waals surface area contributed by atoms with Crippen LogP contribution < -0.4 is 10.6 Å². The molecule has 9 heteroatoms. The molecule has 0 aromatic carbocycles. The van der Waals surface area contributed by atoms with Crippen LogP contribution in [0.5, 0.6) is 0 Å². The SMILES string of the molecule is CCNC(=NCc1ncc(C)s1)NCCc1nnc2ccccn12.I. The summed E-state index contributed by atoms with van der Waals surface area (Å²) >= 11 is 1.68. The van der Waals surface area contributed by atoms with Crippen molar-refractivity contribution in [2.75, 3.05) is 13.1 Å². The Hall–Kier alpha value is -1.75. The highest BCUT2D eigenvalue weighted by Gasteiger charge is 2.05. The molecule has 0 aliphatic carbocycles. The lowest BCUT2D eigenvalue weighted by Gasteiger charge is -2.10. The third-order valence-corrected chi connectivity index (χ3v) is 4.31. The van der Waals surface area contributed by atoms with Gasteiger partial charge in [0.15, 0.2) is 11.6 Å². The van der Waals surface area contributed by atoms with Crippen molar-refractivity contribution in [3.05, 3.63) is 46.3 Å². The van der Waals surface area contributed by atoms with E-state index in [9.17, 15) is 0 Å². The Morgan fingerprint density at radius 3 is 2.92 bits per heavy atom. The standard InChI is InChI=1S/C16H21N7S.HI/c1-3-17-16(20-11-15-19-10-12(2)24-15)18-8-7-14-22-21-13-6-4-5-9-23(13)14;/h4-6,9-10H,3,7-8,11H2,1-2H3,(H2,17,18,20);1H. The fourth-order valence-electron chi connectivity index (χ4n) is 2.32. The number of aliphatic imine (C=N–C) groups is 1. The molecular weight excluding hydrogens is 449 g/mol. The third kappa shape index (κ3) is 5.36. The number of hydrogen-bond donors (Lipinski definition) is 2. The molecule has 0 radical (unpaired) electrons. The molecule has 0 aliphatic heterocycles. The van der Waals surface area contributed by atoms with E-state index in [1.54, 1.807) is 11.3 Å². The number of nitrogens with zero attached hydrogens (tertiary/aromatic N) is 5. The predicted octanol–water partition coefficient (Wildman–Crippen LogP) is 2.41. The lowest BCUT2D eigenvalue weighted by molar-refractivity contribution is 0.763. The predicted molar refractivity (Wildman–Crippen MR) is 112 cm³/mol. The van der Waals surface area contributed by atoms with E-state index in [1.165, 1.54) is 4.88 Å². The lowest BCUT2D eigenvalue weighted by Crippen LogP contribution is -2.38. The van der Waals surface area contributed by atoms with E-state index in [-0.39, 0.29) is 24.0 Å². The van der Waals surface area contributed by atoms with E-state index in [0.29, 0.717) is 6.54 Å². The Bertz CT molecular complexity index is 827. The first kappa shape index (κ1) is 19.6. The number of hydrogen-bond acceptors (Lipinski definition) is 5. The minimum absolute atomic E-state index is 0. The van der Waals surface area contributed by atoms with Crippen molar-refractivity contribution in [1.82, 2.24) is 30.2 Å². The summed E-state index contributed by atoms with van der Waals surface area (Å²) < 4.78 is 2.00. The number of aryl methyl sites for hydroxylation is 1. The van der Waals surface area contributed by atoms with Crippen molar-refractivity contribution < 1.29 is 0 Å². The van der Waals surface area contributed by atoms with Crippen molar-refractivity contribution in [2.24, 2.45) is 4.99 Å². The molecule has 0 unspecified atom stereocenters. The quantitative estimate of drug-likeness (QED) is 0.328. The van der Waals surface area contributed by atoms with Crippen molar-refractivity contribution in [3.63, 3.8) is 0 Å². The van der Waals surface area contributed by atoms with Gasteiger partial charge in [0.1, 0.15) is 10.8 Å². The Labute approximate surface area is 168 Å².